The topological polar surface area (TPSA) is 22.1 Å². The van der Waals surface area contributed by atoms with E-state index in [2.05, 4.69) is 18.8 Å². The second kappa shape index (κ2) is 6.47. The van der Waals surface area contributed by atoms with Crippen molar-refractivity contribution >= 4 is 23.2 Å². The fourth-order valence-corrected chi connectivity index (χ4v) is 2.52. The number of ether oxygens (including phenoxy) is 1. The summed E-state index contributed by atoms with van der Waals surface area (Å²) in [5.41, 5.74) is 2.88. The van der Waals surface area contributed by atoms with E-state index in [-0.39, 0.29) is 0 Å². The number of nitrogens with zero attached hydrogens (tertiary/aromatic N) is 1. The number of benzene rings is 1. The van der Waals surface area contributed by atoms with Gasteiger partial charge >= 0.3 is 0 Å². The maximum atomic E-state index is 6.26. The Bertz CT molecular complexity index is 611. The molecule has 0 aliphatic rings. The maximum Gasteiger partial charge on any atom is 0.130 e. The highest BCUT2D eigenvalue weighted by molar-refractivity contribution is 6.31. The number of halogens is 2. The fourth-order valence-electron chi connectivity index (χ4n) is 1.94. The smallest absolute Gasteiger partial charge is 0.130 e. The van der Waals surface area contributed by atoms with Crippen LogP contribution in [0.3, 0.4) is 0 Å². The molecule has 2 rings (SSSR count). The molecular formula is C16H17Cl2NO. The van der Waals surface area contributed by atoms with Crippen molar-refractivity contribution in [3.05, 3.63) is 52.3 Å². The summed E-state index contributed by atoms with van der Waals surface area (Å²) in [6.07, 6.45) is 1.70. The lowest BCUT2D eigenvalue weighted by Gasteiger charge is -2.14. The number of hydrogen-bond donors (Lipinski definition) is 0. The van der Waals surface area contributed by atoms with Crippen molar-refractivity contribution in [2.45, 2.75) is 32.6 Å². The van der Waals surface area contributed by atoms with Crippen LogP contribution in [0.15, 0.2) is 30.5 Å². The third kappa shape index (κ3) is 3.44. The van der Waals surface area contributed by atoms with Gasteiger partial charge in [-0.2, -0.15) is 0 Å². The Kier molecular flexibility index (Phi) is 4.90. The molecule has 0 N–H and O–H groups in total. The largest absolute Gasteiger partial charge is 0.457 e. The highest BCUT2D eigenvalue weighted by Crippen LogP contribution is 2.33. The summed E-state index contributed by atoms with van der Waals surface area (Å²) in [4.78, 5) is 4.15. The van der Waals surface area contributed by atoms with Gasteiger partial charge in [0.05, 0.1) is 11.6 Å². The van der Waals surface area contributed by atoms with Gasteiger partial charge in [-0.3, -0.25) is 4.98 Å². The number of hydrogen-bond acceptors (Lipinski definition) is 2. The van der Waals surface area contributed by atoms with Gasteiger partial charge in [-0.1, -0.05) is 25.4 Å². The van der Waals surface area contributed by atoms with E-state index in [4.69, 9.17) is 27.9 Å². The van der Waals surface area contributed by atoms with E-state index in [1.807, 2.05) is 31.2 Å². The first-order valence-electron chi connectivity index (χ1n) is 6.50. The molecule has 1 heterocycles. The zero-order chi connectivity index (χ0) is 14.7. The molecule has 0 aliphatic carbocycles. The maximum absolute atomic E-state index is 6.26. The summed E-state index contributed by atoms with van der Waals surface area (Å²) in [5.74, 6) is 2.26. The average molecular weight is 310 g/mol. The molecule has 1 aromatic heterocycles. The van der Waals surface area contributed by atoms with E-state index in [0.29, 0.717) is 11.8 Å². The number of aryl methyl sites for hydroxylation is 1. The normalized spacial score (nSPS) is 10.9. The van der Waals surface area contributed by atoms with Gasteiger partial charge in [-0.05, 0) is 42.2 Å². The third-order valence-electron chi connectivity index (χ3n) is 3.07. The van der Waals surface area contributed by atoms with Crippen molar-refractivity contribution in [2.24, 2.45) is 0 Å². The number of aromatic nitrogens is 1. The van der Waals surface area contributed by atoms with E-state index in [1.165, 1.54) is 0 Å². The predicted molar refractivity (Wildman–Crippen MR) is 84.1 cm³/mol. The van der Waals surface area contributed by atoms with Crippen molar-refractivity contribution in [3.63, 3.8) is 0 Å². The predicted octanol–water partition coefficient (Wildman–Crippen LogP) is 5.70. The number of pyridine rings is 1. The quantitative estimate of drug-likeness (QED) is 0.676. The Labute approximate surface area is 129 Å². The van der Waals surface area contributed by atoms with Crippen LogP contribution in [-0.2, 0) is 5.88 Å². The molecule has 2 aromatic rings. The van der Waals surface area contributed by atoms with Gasteiger partial charge in [-0.15, -0.1) is 11.6 Å². The summed E-state index contributed by atoms with van der Waals surface area (Å²) in [5, 5.41) is 0.779. The molecule has 0 amide bonds. The van der Waals surface area contributed by atoms with E-state index >= 15 is 0 Å². The molecule has 0 fully saturated rings. The summed E-state index contributed by atoms with van der Waals surface area (Å²) in [7, 11) is 0. The minimum atomic E-state index is 0.348. The number of alkyl halides is 1. The van der Waals surface area contributed by atoms with Crippen LogP contribution in [-0.4, -0.2) is 4.98 Å². The molecule has 0 saturated carbocycles. The highest BCUT2D eigenvalue weighted by Gasteiger charge is 2.11. The van der Waals surface area contributed by atoms with Crippen LogP contribution in [0.5, 0.6) is 11.5 Å². The van der Waals surface area contributed by atoms with Gasteiger partial charge in [0, 0.05) is 17.3 Å². The first-order valence-corrected chi connectivity index (χ1v) is 7.41. The van der Waals surface area contributed by atoms with Crippen molar-refractivity contribution in [2.75, 3.05) is 0 Å². The zero-order valence-electron chi connectivity index (χ0n) is 11.8. The third-order valence-corrected chi connectivity index (χ3v) is 3.67. The molecule has 2 nitrogen and oxygen atoms in total. The molecule has 20 heavy (non-hydrogen) atoms. The molecule has 0 unspecified atom stereocenters. The van der Waals surface area contributed by atoms with Crippen LogP contribution in [0.2, 0.25) is 5.02 Å². The summed E-state index contributed by atoms with van der Waals surface area (Å²) in [6, 6.07) is 7.61. The van der Waals surface area contributed by atoms with Crippen LogP contribution in [0.4, 0.5) is 0 Å². The number of rotatable bonds is 4. The van der Waals surface area contributed by atoms with Gasteiger partial charge in [0.15, 0.2) is 0 Å². The molecule has 0 atom stereocenters. The van der Waals surface area contributed by atoms with Gasteiger partial charge in [0.1, 0.15) is 11.5 Å². The average Bonchev–Trinajstić information content (AvgIpc) is 2.41. The first kappa shape index (κ1) is 15.1. The molecule has 0 saturated heterocycles. The second-order valence-corrected chi connectivity index (χ2v) is 5.69. The van der Waals surface area contributed by atoms with Crippen LogP contribution < -0.4 is 4.74 Å². The molecule has 0 spiro atoms. The van der Waals surface area contributed by atoms with Crippen LogP contribution in [0.1, 0.15) is 36.6 Å². The standard InChI is InChI=1S/C16H17Cl2NO/c1-10(2)14-8-16(11(3)6-15(14)18)20-13-4-5-19-12(7-13)9-17/h4-8,10H,9H2,1-3H3. The Balaban J connectivity index is 2.35. The molecule has 0 bridgehead atoms. The van der Waals surface area contributed by atoms with Crippen LogP contribution in [0, 0.1) is 6.92 Å². The van der Waals surface area contributed by atoms with E-state index in [0.717, 1.165) is 33.3 Å². The lowest BCUT2D eigenvalue weighted by atomic mass is 10.0. The molecule has 0 radical (unpaired) electrons. The van der Waals surface area contributed by atoms with E-state index in [9.17, 15) is 0 Å². The van der Waals surface area contributed by atoms with E-state index < -0.39 is 0 Å². The van der Waals surface area contributed by atoms with Crippen molar-refractivity contribution in [1.82, 2.24) is 4.98 Å². The summed E-state index contributed by atoms with van der Waals surface area (Å²) in [6.45, 7) is 6.20. The molecule has 1 aromatic carbocycles. The Morgan fingerprint density at radius 2 is 2.00 bits per heavy atom. The molecule has 106 valence electrons. The molecular weight excluding hydrogens is 293 g/mol. The monoisotopic (exact) mass is 309 g/mol. The van der Waals surface area contributed by atoms with Crippen molar-refractivity contribution < 1.29 is 4.74 Å². The molecule has 0 aliphatic heterocycles. The second-order valence-electron chi connectivity index (χ2n) is 5.01. The minimum absolute atomic E-state index is 0.348. The minimum Gasteiger partial charge on any atom is -0.457 e. The molecule has 4 heteroatoms. The van der Waals surface area contributed by atoms with Gasteiger partial charge in [0.25, 0.3) is 0 Å². The van der Waals surface area contributed by atoms with Gasteiger partial charge in [-0.25, -0.2) is 0 Å². The Hall–Kier alpha value is -1.25. The summed E-state index contributed by atoms with van der Waals surface area (Å²) >= 11 is 12.0. The van der Waals surface area contributed by atoms with Crippen molar-refractivity contribution in [1.29, 1.82) is 0 Å². The lowest BCUT2D eigenvalue weighted by Crippen LogP contribution is -1.95. The fraction of sp³-hybridized carbons (Fsp3) is 0.312. The lowest BCUT2D eigenvalue weighted by molar-refractivity contribution is 0.476. The van der Waals surface area contributed by atoms with Crippen LogP contribution >= 0.6 is 23.2 Å². The summed E-state index contributed by atoms with van der Waals surface area (Å²) < 4.78 is 5.94. The zero-order valence-corrected chi connectivity index (χ0v) is 13.3. The van der Waals surface area contributed by atoms with E-state index in [1.54, 1.807) is 6.20 Å². The van der Waals surface area contributed by atoms with Gasteiger partial charge in [0.2, 0.25) is 0 Å². The first-order chi connectivity index (χ1) is 9.51. The van der Waals surface area contributed by atoms with Crippen LogP contribution in [0.25, 0.3) is 0 Å². The Morgan fingerprint density at radius 3 is 2.65 bits per heavy atom. The van der Waals surface area contributed by atoms with Gasteiger partial charge < -0.3 is 4.74 Å². The highest BCUT2D eigenvalue weighted by atomic mass is 35.5. The van der Waals surface area contributed by atoms with Crippen molar-refractivity contribution in [3.8, 4) is 11.5 Å². The Morgan fingerprint density at radius 1 is 1.25 bits per heavy atom. The SMILES string of the molecule is Cc1cc(Cl)c(C(C)C)cc1Oc1ccnc(CCl)c1.